The Bertz CT molecular complexity index is 1020. The molecule has 1 aromatic heterocycles. The van der Waals surface area contributed by atoms with Gasteiger partial charge in [-0.05, 0) is 48.4 Å². The zero-order valence-electron chi connectivity index (χ0n) is 16.5. The molecule has 5 heteroatoms. The van der Waals surface area contributed by atoms with Crippen molar-refractivity contribution in [1.29, 1.82) is 0 Å². The van der Waals surface area contributed by atoms with Gasteiger partial charge in [-0.3, -0.25) is 0 Å². The van der Waals surface area contributed by atoms with Crippen molar-refractivity contribution in [3.8, 4) is 5.75 Å². The third-order valence-corrected chi connectivity index (χ3v) is 5.54. The maximum absolute atomic E-state index is 11.5. The zero-order valence-corrected chi connectivity index (χ0v) is 18.1. The molecule has 1 atom stereocenters. The summed E-state index contributed by atoms with van der Waals surface area (Å²) in [7, 11) is 3.06. The highest BCUT2D eigenvalue weighted by atomic mass is 79.9. The molecule has 0 aliphatic carbocycles. The fourth-order valence-electron chi connectivity index (χ4n) is 3.55. The van der Waals surface area contributed by atoms with Crippen LogP contribution in [0.3, 0.4) is 0 Å². The molecule has 1 heterocycles. The van der Waals surface area contributed by atoms with Gasteiger partial charge in [-0.2, -0.15) is 0 Å². The van der Waals surface area contributed by atoms with Gasteiger partial charge in [0.25, 0.3) is 0 Å². The van der Waals surface area contributed by atoms with Gasteiger partial charge in [0.1, 0.15) is 5.75 Å². The zero-order chi connectivity index (χ0) is 20.3. The van der Waals surface area contributed by atoms with E-state index < -0.39 is 0 Å². The van der Waals surface area contributed by atoms with Crippen LogP contribution in [-0.2, 0) is 16.1 Å². The molecule has 3 rings (SSSR count). The molecular formula is C23H24BrNO3. The summed E-state index contributed by atoms with van der Waals surface area (Å²) in [5.41, 5.74) is 4.73. The Balaban J connectivity index is 2.11. The average molecular weight is 442 g/mol. The number of ether oxygens (including phenoxy) is 2. The SMILES string of the molecule is COC(=O)C=CC(C)c1c(C)n(Cc2ccc(Br)cc2)c2ccc(OC)cc12. The van der Waals surface area contributed by atoms with Crippen molar-refractivity contribution in [1.82, 2.24) is 4.57 Å². The first kappa shape index (κ1) is 20.2. The molecule has 3 aromatic rings. The van der Waals surface area contributed by atoms with Crippen molar-refractivity contribution in [2.45, 2.75) is 26.3 Å². The van der Waals surface area contributed by atoms with Crippen LogP contribution in [-0.4, -0.2) is 24.8 Å². The lowest BCUT2D eigenvalue weighted by Gasteiger charge is -2.11. The van der Waals surface area contributed by atoms with Crippen molar-refractivity contribution in [3.05, 3.63) is 75.9 Å². The first-order valence-corrected chi connectivity index (χ1v) is 9.91. The van der Waals surface area contributed by atoms with Crippen molar-refractivity contribution in [2.24, 2.45) is 0 Å². The third-order valence-electron chi connectivity index (χ3n) is 5.01. The number of carbonyl (C=O) groups is 1. The van der Waals surface area contributed by atoms with Crippen LogP contribution >= 0.6 is 15.9 Å². The van der Waals surface area contributed by atoms with E-state index in [1.165, 1.54) is 30.0 Å². The Morgan fingerprint density at radius 3 is 2.54 bits per heavy atom. The van der Waals surface area contributed by atoms with Crippen LogP contribution in [0.1, 0.15) is 29.7 Å². The van der Waals surface area contributed by atoms with Gasteiger partial charge in [0.2, 0.25) is 0 Å². The molecule has 0 bridgehead atoms. The number of aromatic nitrogens is 1. The molecule has 4 nitrogen and oxygen atoms in total. The quantitative estimate of drug-likeness (QED) is 0.369. The van der Waals surface area contributed by atoms with Gasteiger partial charge in [-0.1, -0.05) is 41.1 Å². The minimum atomic E-state index is -0.347. The average Bonchev–Trinajstić information content (AvgIpc) is 2.98. The van der Waals surface area contributed by atoms with Gasteiger partial charge in [0.15, 0.2) is 0 Å². The molecule has 0 spiro atoms. The fraction of sp³-hybridized carbons (Fsp3) is 0.261. The van der Waals surface area contributed by atoms with Crippen molar-refractivity contribution < 1.29 is 14.3 Å². The van der Waals surface area contributed by atoms with E-state index in [2.05, 4.69) is 70.7 Å². The number of fused-ring (bicyclic) bond motifs is 1. The van der Waals surface area contributed by atoms with Crippen LogP contribution in [0.4, 0.5) is 0 Å². The Labute approximate surface area is 173 Å². The lowest BCUT2D eigenvalue weighted by Crippen LogP contribution is -2.03. The van der Waals surface area contributed by atoms with E-state index in [1.807, 2.05) is 12.1 Å². The molecule has 146 valence electrons. The van der Waals surface area contributed by atoms with Crippen LogP contribution in [0.2, 0.25) is 0 Å². The summed E-state index contributed by atoms with van der Waals surface area (Å²) in [5.74, 6) is 0.527. The summed E-state index contributed by atoms with van der Waals surface area (Å²) in [5, 5.41) is 1.14. The van der Waals surface area contributed by atoms with Crippen LogP contribution < -0.4 is 4.74 Å². The van der Waals surface area contributed by atoms with Crippen molar-refractivity contribution in [3.63, 3.8) is 0 Å². The van der Waals surface area contributed by atoms with E-state index in [9.17, 15) is 4.79 Å². The molecule has 1 unspecified atom stereocenters. The van der Waals surface area contributed by atoms with Crippen LogP contribution in [0.15, 0.2) is 59.1 Å². The van der Waals surface area contributed by atoms with Gasteiger partial charge in [0, 0.05) is 39.6 Å². The number of methoxy groups -OCH3 is 2. The van der Waals surface area contributed by atoms with E-state index >= 15 is 0 Å². The summed E-state index contributed by atoms with van der Waals surface area (Å²) in [4.78, 5) is 11.5. The van der Waals surface area contributed by atoms with Crippen LogP contribution in [0, 0.1) is 6.92 Å². The van der Waals surface area contributed by atoms with Gasteiger partial charge >= 0.3 is 5.97 Å². The van der Waals surface area contributed by atoms with E-state index in [4.69, 9.17) is 9.47 Å². The lowest BCUT2D eigenvalue weighted by molar-refractivity contribution is -0.134. The molecule has 0 radical (unpaired) electrons. The van der Waals surface area contributed by atoms with Crippen molar-refractivity contribution >= 4 is 32.8 Å². The molecule has 0 aliphatic heterocycles. The van der Waals surface area contributed by atoms with Gasteiger partial charge in [0.05, 0.1) is 14.2 Å². The van der Waals surface area contributed by atoms with Gasteiger partial charge in [-0.25, -0.2) is 4.79 Å². The molecule has 0 saturated carbocycles. The number of esters is 1. The Kier molecular flexibility index (Phi) is 6.25. The largest absolute Gasteiger partial charge is 0.497 e. The fourth-order valence-corrected chi connectivity index (χ4v) is 3.82. The normalized spacial score (nSPS) is 12.5. The number of benzene rings is 2. The highest BCUT2D eigenvalue weighted by molar-refractivity contribution is 9.10. The topological polar surface area (TPSA) is 40.5 Å². The van der Waals surface area contributed by atoms with E-state index in [0.29, 0.717) is 0 Å². The third kappa shape index (κ3) is 4.14. The minimum absolute atomic E-state index is 0.0554. The summed E-state index contributed by atoms with van der Waals surface area (Å²) < 4.78 is 13.6. The maximum atomic E-state index is 11.5. The van der Waals surface area contributed by atoms with E-state index in [0.717, 1.165) is 27.7 Å². The Morgan fingerprint density at radius 2 is 1.89 bits per heavy atom. The monoisotopic (exact) mass is 441 g/mol. The smallest absolute Gasteiger partial charge is 0.330 e. The predicted octanol–water partition coefficient (Wildman–Crippen LogP) is 5.60. The minimum Gasteiger partial charge on any atom is -0.497 e. The Hall–Kier alpha value is -2.53. The first-order chi connectivity index (χ1) is 13.4. The number of nitrogens with zero attached hydrogens (tertiary/aromatic N) is 1. The highest BCUT2D eigenvalue weighted by Crippen LogP contribution is 2.35. The Morgan fingerprint density at radius 1 is 1.18 bits per heavy atom. The first-order valence-electron chi connectivity index (χ1n) is 9.12. The van der Waals surface area contributed by atoms with Gasteiger partial charge in [-0.15, -0.1) is 0 Å². The van der Waals surface area contributed by atoms with Crippen LogP contribution in [0.25, 0.3) is 10.9 Å². The number of hydrogen-bond acceptors (Lipinski definition) is 3. The van der Waals surface area contributed by atoms with E-state index in [-0.39, 0.29) is 11.9 Å². The molecule has 0 aliphatic rings. The second kappa shape index (κ2) is 8.65. The molecular weight excluding hydrogens is 418 g/mol. The van der Waals surface area contributed by atoms with Crippen molar-refractivity contribution in [2.75, 3.05) is 14.2 Å². The molecule has 0 fully saturated rings. The predicted molar refractivity (Wildman–Crippen MR) is 116 cm³/mol. The number of halogens is 1. The summed E-state index contributed by atoms with van der Waals surface area (Å²) in [6.45, 7) is 4.99. The lowest BCUT2D eigenvalue weighted by atomic mass is 9.97. The number of hydrogen-bond donors (Lipinski definition) is 0. The maximum Gasteiger partial charge on any atom is 0.330 e. The molecule has 2 aromatic carbocycles. The van der Waals surface area contributed by atoms with Crippen LogP contribution in [0.5, 0.6) is 5.75 Å². The molecule has 0 amide bonds. The summed E-state index contributed by atoms with van der Waals surface area (Å²) in [6.07, 6.45) is 3.37. The number of rotatable bonds is 6. The number of carbonyl (C=O) groups excluding carboxylic acids is 1. The molecule has 28 heavy (non-hydrogen) atoms. The second-order valence-corrected chi connectivity index (χ2v) is 7.68. The molecule has 0 N–H and O–H groups in total. The number of allylic oxidation sites excluding steroid dienone is 1. The summed E-state index contributed by atoms with van der Waals surface area (Å²) in [6, 6.07) is 14.5. The summed E-state index contributed by atoms with van der Waals surface area (Å²) >= 11 is 3.49. The molecule has 0 saturated heterocycles. The second-order valence-electron chi connectivity index (χ2n) is 6.77. The van der Waals surface area contributed by atoms with Gasteiger partial charge < -0.3 is 14.0 Å². The highest BCUT2D eigenvalue weighted by Gasteiger charge is 2.18. The standard InChI is InChI=1S/C23H24BrNO3/c1-15(5-12-22(26)28-4)23-16(2)25(14-17-6-8-18(24)9-7-17)21-11-10-19(27-3)13-20(21)23/h5-13,15H,14H2,1-4H3. The van der Waals surface area contributed by atoms with E-state index in [1.54, 1.807) is 7.11 Å².